The first-order chi connectivity index (χ1) is 9.91. The van der Waals surface area contributed by atoms with E-state index in [0.29, 0.717) is 43.5 Å². The van der Waals surface area contributed by atoms with Gasteiger partial charge < -0.3 is 4.74 Å². The molecule has 1 unspecified atom stereocenters. The van der Waals surface area contributed by atoms with Gasteiger partial charge in [0.05, 0.1) is 6.26 Å². The summed E-state index contributed by atoms with van der Waals surface area (Å²) in [7, 11) is -3.75. The van der Waals surface area contributed by atoms with Crippen molar-refractivity contribution in [1.82, 2.24) is 8.54 Å². The molecule has 116 valence electrons. The summed E-state index contributed by atoms with van der Waals surface area (Å²) in [5.41, 5.74) is -0.400. The van der Waals surface area contributed by atoms with E-state index in [9.17, 15) is 18.0 Å². The molecule has 1 saturated heterocycles. The lowest BCUT2D eigenvalue weighted by molar-refractivity contribution is -0.0371. The summed E-state index contributed by atoms with van der Waals surface area (Å²) < 4.78 is 31.2. The van der Waals surface area contributed by atoms with Crippen molar-refractivity contribution in [2.45, 2.75) is 44.8 Å². The number of fused-ring (bicyclic) bond motifs is 1. The molecule has 0 spiro atoms. The SMILES string of the molecule is CS(=O)(=O)n1c2c(c(=O)n(C3CCCCO3)c1=O)CCC2. The Morgan fingerprint density at radius 1 is 1.14 bits per heavy atom. The summed E-state index contributed by atoms with van der Waals surface area (Å²) in [4.78, 5) is 25.1. The van der Waals surface area contributed by atoms with Gasteiger partial charge in [0.15, 0.2) is 0 Å². The van der Waals surface area contributed by atoms with Crippen LogP contribution in [0.4, 0.5) is 0 Å². The molecule has 0 amide bonds. The molecule has 0 radical (unpaired) electrons. The molecule has 3 rings (SSSR count). The lowest BCUT2D eigenvalue weighted by Gasteiger charge is -2.25. The first-order valence-corrected chi connectivity index (χ1v) is 8.97. The van der Waals surface area contributed by atoms with Gasteiger partial charge in [-0.2, -0.15) is 3.97 Å². The molecular formula is C13H18N2O5S. The molecule has 1 fully saturated rings. The molecule has 21 heavy (non-hydrogen) atoms. The van der Waals surface area contributed by atoms with Gasteiger partial charge in [-0.25, -0.2) is 17.8 Å². The second kappa shape index (κ2) is 5.10. The van der Waals surface area contributed by atoms with Crippen LogP contribution in [0.15, 0.2) is 9.59 Å². The van der Waals surface area contributed by atoms with Crippen LogP contribution in [-0.2, 0) is 27.6 Å². The Morgan fingerprint density at radius 2 is 1.90 bits per heavy atom. The number of nitrogens with zero attached hydrogens (tertiary/aromatic N) is 2. The van der Waals surface area contributed by atoms with E-state index in [1.54, 1.807) is 0 Å². The number of hydrogen-bond donors (Lipinski definition) is 0. The fraction of sp³-hybridized carbons (Fsp3) is 0.692. The maximum absolute atomic E-state index is 12.6. The van der Waals surface area contributed by atoms with Crippen LogP contribution in [0.2, 0.25) is 0 Å². The van der Waals surface area contributed by atoms with Gasteiger partial charge in [0.2, 0.25) is 10.0 Å². The second-order valence-electron chi connectivity index (χ2n) is 5.59. The average Bonchev–Trinajstić information content (AvgIpc) is 2.87. The molecule has 7 nitrogen and oxygen atoms in total. The Labute approximate surface area is 122 Å². The number of aromatic nitrogens is 2. The van der Waals surface area contributed by atoms with Crippen LogP contribution in [0.25, 0.3) is 0 Å². The molecule has 1 aromatic heterocycles. The molecule has 1 aliphatic heterocycles. The molecule has 1 atom stereocenters. The predicted molar refractivity (Wildman–Crippen MR) is 76.1 cm³/mol. The molecule has 1 aromatic rings. The van der Waals surface area contributed by atoms with Crippen molar-refractivity contribution in [2.75, 3.05) is 12.9 Å². The first kappa shape index (κ1) is 14.5. The van der Waals surface area contributed by atoms with E-state index in [0.717, 1.165) is 27.6 Å². The van der Waals surface area contributed by atoms with Crippen molar-refractivity contribution in [3.8, 4) is 0 Å². The average molecular weight is 314 g/mol. The van der Waals surface area contributed by atoms with Crippen LogP contribution < -0.4 is 11.2 Å². The molecule has 0 saturated carbocycles. The normalized spacial score (nSPS) is 22.2. The largest absolute Gasteiger partial charge is 0.358 e. The monoisotopic (exact) mass is 314 g/mol. The summed E-state index contributed by atoms with van der Waals surface area (Å²) >= 11 is 0. The highest BCUT2D eigenvalue weighted by atomic mass is 32.2. The van der Waals surface area contributed by atoms with Gasteiger partial charge >= 0.3 is 5.69 Å². The van der Waals surface area contributed by atoms with Crippen LogP contribution in [-0.4, -0.2) is 29.8 Å². The Morgan fingerprint density at radius 3 is 2.52 bits per heavy atom. The minimum absolute atomic E-state index is 0.347. The summed E-state index contributed by atoms with van der Waals surface area (Å²) in [6.45, 7) is 0.479. The van der Waals surface area contributed by atoms with Crippen molar-refractivity contribution in [3.63, 3.8) is 0 Å². The van der Waals surface area contributed by atoms with Gasteiger partial charge in [-0.1, -0.05) is 0 Å². The summed E-state index contributed by atoms with van der Waals surface area (Å²) in [6.07, 6.45) is 4.27. The number of ether oxygens (including phenoxy) is 1. The molecule has 0 N–H and O–H groups in total. The minimum Gasteiger partial charge on any atom is -0.358 e. The van der Waals surface area contributed by atoms with E-state index >= 15 is 0 Å². The zero-order valence-electron chi connectivity index (χ0n) is 11.9. The molecular weight excluding hydrogens is 296 g/mol. The van der Waals surface area contributed by atoms with E-state index in [-0.39, 0.29) is 5.56 Å². The Bertz CT molecular complexity index is 784. The number of rotatable bonds is 2. The highest BCUT2D eigenvalue weighted by Gasteiger charge is 2.30. The molecule has 8 heteroatoms. The summed E-state index contributed by atoms with van der Waals surface area (Å²) in [5.74, 6) is 0. The first-order valence-electron chi connectivity index (χ1n) is 7.12. The minimum atomic E-state index is -3.75. The lowest BCUT2D eigenvalue weighted by Crippen LogP contribution is -2.47. The fourth-order valence-electron chi connectivity index (χ4n) is 3.15. The third-order valence-electron chi connectivity index (χ3n) is 4.07. The smallest absolute Gasteiger partial charge is 0.347 e. The summed E-state index contributed by atoms with van der Waals surface area (Å²) in [5, 5.41) is 0. The fourth-order valence-corrected chi connectivity index (χ4v) is 4.12. The molecule has 2 heterocycles. The quantitative estimate of drug-likeness (QED) is 0.767. The molecule has 0 aromatic carbocycles. The highest BCUT2D eigenvalue weighted by molar-refractivity contribution is 7.89. The maximum Gasteiger partial charge on any atom is 0.347 e. The van der Waals surface area contributed by atoms with Gasteiger partial charge in [-0.15, -0.1) is 0 Å². The molecule has 2 aliphatic rings. The Kier molecular flexibility index (Phi) is 3.53. The van der Waals surface area contributed by atoms with Gasteiger partial charge in [0.1, 0.15) is 6.23 Å². The van der Waals surface area contributed by atoms with Crippen LogP contribution in [0.3, 0.4) is 0 Å². The number of hydrogen-bond acceptors (Lipinski definition) is 5. The molecule has 1 aliphatic carbocycles. The lowest BCUT2D eigenvalue weighted by atomic mass is 10.2. The molecule has 0 bridgehead atoms. The van der Waals surface area contributed by atoms with E-state index in [2.05, 4.69) is 0 Å². The zero-order chi connectivity index (χ0) is 15.2. The third-order valence-corrected chi connectivity index (χ3v) is 5.11. The van der Waals surface area contributed by atoms with E-state index in [1.807, 2.05) is 0 Å². The van der Waals surface area contributed by atoms with Crippen molar-refractivity contribution in [2.24, 2.45) is 0 Å². The van der Waals surface area contributed by atoms with Crippen LogP contribution in [0, 0.1) is 0 Å². The van der Waals surface area contributed by atoms with Crippen molar-refractivity contribution in [1.29, 1.82) is 0 Å². The van der Waals surface area contributed by atoms with Crippen molar-refractivity contribution < 1.29 is 13.2 Å². The van der Waals surface area contributed by atoms with E-state index in [4.69, 9.17) is 4.74 Å². The van der Waals surface area contributed by atoms with E-state index < -0.39 is 21.9 Å². The second-order valence-corrected chi connectivity index (χ2v) is 7.42. The van der Waals surface area contributed by atoms with Crippen molar-refractivity contribution in [3.05, 3.63) is 32.1 Å². The highest BCUT2D eigenvalue weighted by Crippen LogP contribution is 2.22. The van der Waals surface area contributed by atoms with Gasteiger partial charge in [0.25, 0.3) is 5.56 Å². The predicted octanol–water partition coefficient (Wildman–Crippen LogP) is 0.00550. The Hall–Kier alpha value is -1.41. The van der Waals surface area contributed by atoms with Gasteiger partial charge in [-0.05, 0) is 38.5 Å². The third kappa shape index (κ3) is 2.36. The van der Waals surface area contributed by atoms with Crippen molar-refractivity contribution >= 4 is 10.0 Å². The maximum atomic E-state index is 12.6. The van der Waals surface area contributed by atoms with Gasteiger partial charge in [0, 0.05) is 17.9 Å². The summed E-state index contributed by atoms with van der Waals surface area (Å²) in [6, 6.07) is 0. The van der Waals surface area contributed by atoms with Crippen LogP contribution in [0.1, 0.15) is 43.2 Å². The van der Waals surface area contributed by atoms with Crippen LogP contribution in [0.5, 0.6) is 0 Å². The van der Waals surface area contributed by atoms with Gasteiger partial charge in [-0.3, -0.25) is 4.79 Å². The van der Waals surface area contributed by atoms with Crippen LogP contribution >= 0.6 is 0 Å². The standard InChI is InChI=1S/C13H18N2O5S/c1-21(18,19)15-10-6-4-5-9(10)12(16)14(13(15)17)11-7-2-3-8-20-11/h11H,2-8H2,1H3. The Balaban J connectivity index is 2.31. The topological polar surface area (TPSA) is 87.4 Å². The van der Waals surface area contributed by atoms with E-state index in [1.165, 1.54) is 0 Å². The zero-order valence-corrected chi connectivity index (χ0v) is 12.7.